The second-order valence-electron chi connectivity index (χ2n) is 4.40. The van der Waals surface area contributed by atoms with Crippen molar-refractivity contribution in [2.24, 2.45) is 5.73 Å². The number of nitrogens with zero attached hydrogens (tertiary/aromatic N) is 2. The number of amides is 2. The summed E-state index contributed by atoms with van der Waals surface area (Å²) in [5, 5.41) is 3.52. The first-order chi connectivity index (χ1) is 9.09. The summed E-state index contributed by atoms with van der Waals surface area (Å²) in [5.74, 6) is -0.353. The van der Waals surface area contributed by atoms with Crippen molar-refractivity contribution in [1.82, 2.24) is 9.27 Å². The van der Waals surface area contributed by atoms with Gasteiger partial charge in [0.2, 0.25) is 5.91 Å². The van der Waals surface area contributed by atoms with Gasteiger partial charge in [0.1, 0.15) is 10.6 Å². The molecule has 2 amide bonds. The first-order valence-electron chi connectivity index (χ1n) is 6.16. The van der Waals surface area contributed by atoms with Crippen LogP contribution >= 0.6 is 11.5 Å². The van der Waals surface area contributed by atoms with E-state index in [9.17, 15) is 9.59 Å². The summed E-state index contributed by atoms with van der Waals surface area (Å²) in [6.45, 7) is 2.13. The van der Waals surface area contributed by atoms with Crippen molar-refractivity contribution in [1.29, 1.82) is 0 Å². The highest BCUT2D eigenvalue weighted by molar-refractivity contribution is 7.11. The van der Waals surface area contributed by atoms with E-state index in [4.69, 9.17) is 11.5 Å². The molecule has 104 valence electrons. The Morgan fingerprint density at radius 3 is 2.68 bits per heavy atom. The SMILES string of the molecule is NC(=O)c1c(N)nsc1NCCC(=O)N1CCCC1. The molecular formula is C11H17N5O2S. The predicted octanol–water partition coefficient (Wildman–Crippen LogP) is 0.249. The fourth-order valence-electron chi connectivity index (χ4n) is 2.07. The Bertz CT molecular complexity index is 481. The molecule has 19 heavy (non-hydrogen) atoms. The molecule has 0 aromatic carbocycles. The number of hydrogen-bond acceptors (Lipinski definition) is 6. The number of nitrogen functional groups attached to an aromatic ring is 1. The van der Waals surface area contributed by atoms with Gasteiger partial charge in [0, 0.05) is 26.1 Å². The van der Waals surface area contributed by atoms with Crippen LogP contribution in [0.3, 0.4) is 0 Å². The van der Waals surface area contributed by atoms with Crippen LogP contribution in [0.2, 0.25) is 0 Å². The number of nitrogens with two attached hydrogens (primary N) is 2. The lowest BCUT2D eigenvalue weighted by molar-refractivity contribution is -0.129. The van der Waals surface area contributed by atoms with E-state index in [0.29, 0.717) is 18.0 Å². The average molecular weight is 283 g/mol. The van der Waals surface area contributed by atoms with E-state index < -0.39 is 5.91 Å². The molecule has 1 aliphatic heterocycles. The summed E-state index contributed by atoms with van der Waals surface area (Å²) in [5.41, 5.74) is 11.0. The highest BCUT2D eigenvalue weighted by Gasteiger charge is 2.19. The molecule has 5 N–H and O–H groups in total. The van der Waals surface area contributed by atoms with Crippen molar-refractivity contribution in [2.75, 3.05) is 30.7 Å². The van der Waals surface area contributed by atoms with Gasteiger partial charge < -0.3 is 21.7 Å². The summed E-state index contributed by atoms with van der Waals surface area (Å²) in [4.78, 5) is 24.9. The van der Waals surface area contributed by atoms with Gasteiger partial charge in [-0.3, -0.25) is 9.59 Å². The molecule has 0 saturated carbocycles. The summed E-state index contributed by atoms with van der Waals surface area (Å²) in [6, 6.07) is 0. The molecule has 7 nitrogen and oxygen atoms in total. The summed E-state index contributed by atoms with van der Waals surface area (Å²) in [7, 11) is 0. The normalized spacial score (nSPS) is 14.6. The number of hydrogen-bond donors (Lipinski definition) is 3. The van der Waals surface area contributed by atoms with Crippen molar-refractivity contribution in [3.8, 4) is 0 Å². The van der Waals surface area contributed by atoms with Crippen LogP contribution in [-0.2, 0) is 4.79 Å². The third-order valence-electron chi connectivity index (χ3n) is 3.05. The van der Waals surface area contributed by atoms with Crippen molar-refractivity contribution in [2.45, 2.75) is 19.3 Å². The molecule has 0 bridgehead atoms. The number of aromatic nitrogens is 1. The highest BCUT2D eigenvalue weighted by Crippen LogP contribution is 2.25. The van der Waals surface area contributed by atoms with Crippen LogP contribution < -0.4 is 16.8 Å². The molecule has 1 aliphatic rings. The van der Waals surface area contributed by atoms with Crippen LogP contribution in [0.5, 0.6) is 0 Å². The maximum atomic E-state index is 11.8. The van der Waals surface area contributed by atoms with Crippen LogP contribution in [0, 0.1) is 0 Å². The lowest BCUT2D eigenvalue weighted by atomic mass is 10.3. The molecule has 0 radical (unpaired) electrons. The van der Waals surface area contributed by atoms with Crippen molar-refractivity contribution in [3.05, 3.63) is 5.56 Å². The van der Waals surface area contributed by atoms with Gasteiger partial charge in [-0.1, -0.05) is 0 Å². The van der Waals surface area contributed by atoms with Gasteiger partial charge in [0.15, 0.2) is 5.82 Å². The zero-order chi connectivity index (χ0) is 13.8. The fourth-order valence-corrected chi connectivity index (χ4v) is 2.81. The zero-order valence-corrected chi connectivity index (χ0v) is 11.3. The molecule has 1 saturated heterocycles. The first-order valence-corrected chi connectivity index (χ1v) is 6.93. The average Bonchev–Trinajstić information content (AvgIpc) is 2.98. The smallest absolute Gasteiger partial charge is 0.255 e. The molecule has 0 aliphatic carbocycles. The summed E-state index contributed by atoms with van der Waals surface area (Å²) in [6.07, 6.45) is 2.54. The Balaban J connectivity index is 1.85. The maximum absolute atomic E-state index is 11.8. The molecular weight excluding hydrogens is 266 g/mol. The number of nitrogens with one attached hydrogen (secondary N) is 1. The number of likely N-dealkylation sites (tertiary alicyclic amines) is 1. The molecule has 2 heterocycles. The Morgan fingerprint density at radius 1 is 1.37 bits per heavy atom. The lowest BCUT2D eigenvalue weighted by Crippen LogP contribution is -2.29. The van der Waals surface area contributed by atoms with Crippen LogP contribution in [0.15, 0.2) is 0 Å². The highest BCUT2D eigenvalue weighted by atomic mass is 32.1. The number of rotatable bonds is 5. The second-order valence-corrected chi connectivity index (χ2v) is 5.17. The Kier molecular flexibility index (Phi) is 4.20. The minimum atomic E-state index is -0.611. The van der Waals surface area contributed by atoms with Crippen molar-refractivity contribution >= 4 is 34.2 Å². The van der Waals surface area contributed by atoms with Gasteiger partial charge in [-0.05, 0) is 24.4 Å². The minimum Gasteiger partial charge on any atom is -0.382 e. The van der Waals surface area contributed by atoms with E-state index in [-0.39, 0.29) is 17.3 Å². The van der Waals surface area contributed by atoms with Gasteiger partial charge in [0.05, 0.1) is 0 Å². The fraction of sp³-hybridized carbons (Fsp3) is 0.545. The first kappa shape index (κ1) is 13.6. The van der Waals surface area contributed by atoms with Crippen LogP contribution in [0.4, 0.5) is 10.8 Å². The van der Waals surface area contributed by atoms with Gasteiger partial charge in [-0.2, -0.15) is 4.37 Å². The molecule has 0 atom stereocenters. The summed E-state index contributed by atoms with van der Waals surface area (Å²) < 4.78 is 3.87. The molecule has 1 aromatic rings. The molecule has 1 fully saturated rings. The molecule has 0 unspecified atom stereocenters. The lowest BCUT2D eigenvalue weighted by Gasteiger charge is -2.15. The van der Waals surface area contributed by atoms with Gasteiger partial charge in [0.25, 0.3) is 5.91 Å². The number of anilines is 2. The van der Waals surface area contributed by atoms with Gasteiger partial charge in [-0.15, -0.1) is 0 Å². The zero-order valence-electron chi connectivity index (χ0n) is 10.5. The molecule has 1 aromatic heterocycles. The molecule has 8 heteroatoms. The van der Waals surface area contributed by atoms with E-state index in [1.165, 1.54) is 0 Å². The van der Waals surface area contributed by atoms with E-state index >= 15 is 0 Å². The Labute approximate surface area is 115 Å². The third-order valence-corrected chi connectivity index (χ3v) is 3.87. The standard InChI is InChI=1S/C11H17N5O2S/c12-9-8(10(13)18)11(19-15-9)14-4-3-7(17)16-5-1-2-6-16/h14H,1-6H2,(H2,12,15)(H2,13,18). The molecule has 0 spiro atoms. The Morgan fingerprint density at radius 2 is 2.05 bits per heavy atom. The van der Waals surface area contributed by atoms with E-state index in [1.54, 1.807) is 0 Å². The largest absolute Gasteiger partial charge is 0.382 e. The van der Waals surface area contributed by atoms with Crippen LogP contribution in [0.1, 0.15) is 29.6 Å². The van der Waals surface area contributed by atoms with Crippen molar-refractivity contribution in [3.63, 3.8) is 0 Å². The quantitative estimate of drug-likeness (QED) is 0.716. The van der Waals surface area contributed by atoms with E-state index in [2.05, 4.69) is 9.69 Å². The minimum absolute atomic E-state index is 0.128. The number of carbonyl (C=O) groups is 2. The van der Waals surface area contributed by atoms with E-state index in [0.717, 1.165) is 37.5 Å². The monoisotopic (exact) mass is 283 g/mol. The number of carbonyl (C=O) groups excluding carboxylic acids is 2. The van der Waals surface area contributed by atoms with E-state index in [1.807, 2.05) is 4.90 Å². The van der Waals surface area contributed by atoms with Gasteiger partial charge >= 0.3 is 0 Å². The third kappa shape index (κ3) is 3.14. The second kappa shape index (κ2) is 5.87. The van der Waals surface area contributed by atoms with Gasteiger partial charge in [-0.25, -0.2) is 0 Å². The van der Waals surface area contributed by atoms with Crippen LogP contribution in [0.25, 0.3) is 0 Å². The van der Waals surface area contributed by atoms with Crippen LogP contribution in [-0.4, -0.2) is 40.7 Å². The predicted molar refractivity (Wildman–Crippen MR) is 74.0 cm³/mol. The Hall–Kier alpha value is -1.83. The molecule has 2 rings (SSSR count). The van der Waals surface area contributed by atoms with Crippen molar-refractivity contribution < 1.29 is 9.59 Å². The maximum Gasteiger partial charge on any atom is 0.255 e. The summed E-state index contributed by atoms with van der Waals surface area (Å²) >= 11 is 1.08. The number of primary amides is 1. The topological polar surface area (TPSA) is 114 Å².